The largest absolute Gasteiger partial charge is 0.390 e. The van der Waals surface area contributed by atoms with Gasteiger partial charge in [-0.05, 0) is 44.5 Å². The Labute approximate surface area is 121 Å². The van der Waals surface area contributed by atoms with Crippen LogP contribution in [0.25, 0.3) is 43.2 Å². The van der Waals surface area contributed by atoms with Crippen LogP contribution in [0.15, 0.2) is 54.6 Å². The Bertz CT molecular complexity index is 1100. The van der Waals surface area contributed by atoms with Crippen LogP contribution < -0.4 is 0 Å². The van der Waals surface area contributed by atoms with Gasteiger partial charge in [-0.25, -0.2) is 0 Å². The SMILES string of the molecule is OCc1cc2c(cc3ccc4cccc5ccc2c3c45)[nH]1. The van der Waals surface area contributed by atoms with Gasteiger partial charge in [0.1, 0.15) is 0 Å². The standard InChI is InChI=1S/C19H13NO/c21-10-14-9-16-15-7-6-12-3-1-2-11-4-5-13(8-17(16)20-14)19(15)18(11)12/h1-9,20-21H,10H2. The van der Waals surface area contributed by atoms with Gasteiger partial charge in [0.15, 0.2) is 0 Å². The van der Waals surface area contributed by atoms with Gasteiger partial charge in [0, 0.05) is 16.6 Å². The minimum Gasteiger partial charge on any atom is -0.390 e. The van der Waals surface area contributed by atoms with Crippen LogP contribution in [0.2, 0.25) is 0 Å². The maximum atomic E-state index is 9.37. The molecule has 0 atom stereocenters. The van der Waals surface area contributed by atoms with Gasteiger partial charge in [0.2, 0.25) is 0 Å². The normalized spacial score (nSPS) is 12.2. The third-order valence-electron chi connectivity index (χ3n) is 4.47. The molecular weight excluding hydrogens is 258 g/mol. The van der Waals surface area contributed by atoms with E-state index in [2.05, 4.69) is 59.6 Å². The summed E-state index contributed by atoms with van der Waals surface area (Å²) in [7, 11) is 0. The van der Waals surface area contributed by atoms with E-state index in [9.17, 15) is 5.11 Å². The number of H-pyrrole nitrogens is 1. The summed E-state index contributed by atoms with van der Waals surface area (Å²) in [4.78, 5) is 3.30. The number of aliphatic hydroxyl groups is 1. The zero-order chi connectivity index (χ0) is 14.0. The van der Waals surface area contributed by atoms with Crippen molar-refractivity contribution in [3.8, 4) is 0 Å². The molecule has 5 rings (SSSR count). The molecule has 2 heteroatoms. The van der Waals surface area contributed by atoms with Gasteiger partial charge in [0.25, 0.3) is 0 Å². The van der Waals surface area contributed by atoms with Crippen molar-refractivity contribution in [1.82, 2.24) is 4.98 Å². The molecule has 21 heavy (non-hydrogen) atoms. The molecule has 1 aromatic heterocycles. The molecule has 0 radical (unpaired) electrons. The molecule has 0 saturated carbocycles. The number of hydrogen-bond acceptors (Lipinski definition) is 1. The third kappa shape index (κ3) is 1.35. The van der Waals surface area contributed by atoms with Crippen molar-refractivity contribution in [2.45, 2.75) is 6.61 Å². The first-order chi connectivity index (χ1) is 10.3. The lowest BCUT2D eigenvalue weighted by Crippen LogP contribution is -1.84. The fourth-order valence-electron chi connectivity index (χ4n) is 3.56. The second-order valence-corrected chi connectivity index (χ2v) is 5.65. The lowest BCUT2D eigenvalue weighted by Gasteiger charge is -2.11. The Hall–Kier alpha value is -2.58. The Morgan fingerprint density at radius 2 is 1.52 bits per heavy atom. The highest BCUT2D eigenvalue weighted by Crippen LogP contribution is 2.38. The van der Waals surface area contributed by atoms with Crippen molar-refractivity contribution in [1.29, 1.82) is 0 Å². The van der Waals surface area contributed by atoms with Gasteiger partial charge in [-0.15, -0.1) is 0 Å². The van der Waals surface area contributed by atoms with Crippen LogP contribution >= 0.6 is 0 Å². The highest BCUT2D eigenvalue weighted by Gasteiger charge is 2.12. The lowest BCUT2D eigenvalue weighted by atomic mass is 9.93. The number of rotatable bonds is 1. The van der Waals surface area contributed by atoms with Gasteiger partial charge < -0.3 is 10.1 Å². The molecule has 1 heterocycles. The topological polar surface area (TPSA) is 36.0 Å². The molecule has 0 bridgehead atoms. The van der Waals surface area contributed by atoms with E-state index >= 15 is 0 Å². The molecule has 4 aromatic carbocycles. The smallest absolute Gasteiger partial charge is 0.0831 e. The predicted molar refractivity (Wildman–Crippen MR) is 87.9 cm³/mol. The first-order valence-corrected chi connectivity index (χ1v) is 7.14. The highest BCUT2D eigenvalue weighted by atomic mass is 16.3. The van der Waals surface area contributed by atoms with E-state index in [0.717, 1.165) is 11.2 Å². The van der Waals surface area contributed by atoms with Crippen LogP contribution in [0.1, 0.15) is 5.69 Å². The van der Waals surface area contributed by atoms with Crippen LogP contribution in [0.5, 0.6) is 0 Å². The summed E-state index contributed by atoms with van der Waals surface area (Å²) in [5.74, 6) is 0. The van der Waals surface area contributed by atoms with E-state index in [-0.39, 0.29) is 6.61 Å². The fraction of sp³-hybridized carbons (Fsp3) is 0.0526. The highest BCUT2D eigenvalue weighted by molar-refractivity contribution is 6.28. The van der Waals surface area contributed by atoms with E-state index in [1.54, 1.807) is 0 Å². The lowest BCUT2D eigenvalue weighted by molar-refractivity contribution is 0.278. The van der Waals surface area contributed by atoms with Crippen molar-refractivity contribution < 1.29 is 5.11 Å². The summed E-state index contributed by atoms with van der Waals surface area (Å²) >= 11 is 0. The van der Waals surface area contributed by atoms with E-state index in [1.807, 2.05) is 0 Å². The Kier molecular flexibility index (Phi) is 1.98. The first-order valence-electron chi connectivity index (χ1n) is 7.14. The number of aliphatic hydroxyl groups excluding tert-OH is 1. The molecule has 2 nitrogen and oxygen atoms in total. The summed E-state index contributed by atoms with van der Waals surface area (Å²) < 4.78 is 0. The second kappa shape index (κ2) is 3.74. The van der Waals surface area contributed by atoms with E-state index in [4.69, 9.17) is 0 Å². The Morgan fingerprint density at radius 1 is 0.762 bits per heavy atom. The van der Waals surface area contributed by atoms with Crippen LogP contribution in [-0.2, 0) is 6.61 Å². The number of aromatic amines is 1. The molecule has 0 amide bonds. The van der Waals surface area contributed by atoms with Crippen LogP contribution in [0.4, 0.5) is 0 Å². The molecule has 0 unspecified atom stereocenters. The molecule has 5 aromatic rings. The molecule has 0 aliphatic rings. The minimum absolute atomic E-state index is 0.0418. The quantitative estimate of drug-likeness (QED) is 0.431. The monoisotopic (exact) mass is 271 g/mol. The van der Waals surface area contributed by atoms with Crippen LogP contribution in [-0.4, -0.2) is 10.1 Å². The van der Waals surface area contributed by atoms with Gasteiger partial charge in [0.05, 0.1) is 6.61 Å². The van der Waals surface area contributed by atoms with E-state index in [0.29, 0.717) is 0 Å². The van der Waals surface area contributed by atoms with Crippen molar-refractivity contribution in [3.63, 3.8) is 0 Å². The third-order valence-corrected chi connectivity index (χ3v) is 4.47. The molecule has 0 fully saturated rings. The molecule has 0 aliphatic carbocycles. The van der Waals surface area contributed by atoms with Crippen molar-refractivity contribution in [2.75, 3.05) is 0 Å². The number of fused-ring (bicyclic) bond motifs is 2. The number of hydrogen-bond donors (Lipinski definition) is 2. The summed E-state index contributed by atoms with van der Waals surface area (Å²) in [6.07, 6.45) is 0. The van der Waals surface area contributed by atoms with Gasteiger partial charge in [-0.1, -0.05) is 42.5 Å². The fourth-order valence-corrected chi connectivity index (χ4v) is 3.56. The van der Waals surface area contributed by atoms with Crippen molar-refractivity contribution >= 4 is 43.2 Å². The molecule has 0 aliphatic heterocycles. The zero-order valence-corrected chi connectivity index (χ0v) is 11.4. The van der Waals surface area contributed by atoms with Gasteiger partial charge >= 0.3 is 0 Å². The Balaban J connectivity index is 2.14. The molecular formula is C19H13NO. The maximum absolute atomic E-state index is 9.37. The van der Waals surface area contributed by atoms with Crippen LogP contribution in [0.3, 0.4) is 0 Å². The van der Waals surface area contributed by atoms with Crippen LogP contribution in [0, 0.1) is 0 Å². The van der Waals surface area contributed by atoms with Gasteiger partial charge in [-0.2, -0.15) is 0 Å². The second-order valence-electron chi connectivity index (χ2n) is 5.65. The summed E-state index contributed by atoms with van der Waals surface area (Å²) in [5, 5.41) is 18.3. The summed E-state index contributed by atoms with van der Waals surface area (Å²) in [6, 6.07) is 19.4. The number of nitrogens with one attached hydrogen (secondary N) is 1. The maximum Gasteiger partial charge on any atom is 0.0831 e. The average molecular weight is 271 g/mol. The van der Waals surface area contributed by atoms with Gasteiger partial charge in [-0.3, -0.25) is 0 Å². The predicted octanol–water partition coefficient (Wildman–Crippen LogP) is 4.56. The zero-order valence-electron chi connectivity index (χ0n) is 11.4. The molecule has 100 valence electrons. The minimum atomic E-state index is 0.0418. The molecule has 0 saturated heterocycles. The molecule has 0 spiro atoms. The molecule has 2 N–H and O–H groups in total. The Morgan fingerprint density at radius 3 is 2.33 bits per heavy atom. The van der Waals surface area contributed by atoms with Crippen molar-refractivity contribution in [2.24, 2.45) is 0 Å². The first kappa shape index (κ1) is 11.1. The number of benzene rings is 4. The van der Waals surface area contributed by atoms with Crippen molar-refractivity contribution in [3.05, 3.63) is 60.3 Å². The van der Waals surface area contributed by atoms with E-state index < -0.39 is 0 Å². The van der Waals surface area contributed by atoms with E-state index in [1.165, 1.54) is 37.7 Å². The number of aromatic nitrogens is 1. The summed E-state index contributed by atoms with van der Waals surface area (Å²) in [5.41, 5.74) is 1.95. The summed E-state index contributed by atoms with van der Waals surface area (Å²) in [6.45, 7) is 0.0418. The average Bonchev–Trinajstić information content (AvgIpc) is 2.95.